The first kappa shape index (κ1) is 23.3. The quantitative estimate of drug-likeness (QED) is 0.483. The molecule has 0 aliphatic carbocycles. The highest BCUT2D eigenvalue weighted by molar-refractivity contribution is 5.95. The number of nitrogens with one attached hydrogen (secondary N) is 2. The van der Waals surface area contributed by atoms with Crippen LogP contribution >= 0.6 is 0 Å². The van der Waals surface area contributed by atoms with Crippen molar-refractivity contribution in [3.05, 3.63) is 83.9 Å². The summed E-state index contributed by atoms with van der Waals surface area (Å²) in [7, 11) is 1.55. The Morgan fingerprint density at radius 2 is 1.42 bits per heavy atom. The lowest BCUT2D eigenvalue weighted by Crippen LogP contribution is -2.21. The smallest absolute Gasteiger partial charge is 0.338 e. The molecule has 8 heteroatoms. The monoisotopic (exact) mass is 448 g/mol. The number of hydrogen-bond acceptors (Lipinski definition) is 6. The van der Waals surface area contributed by atoms with E-state index in [1.165, 1.54) is 12.1 Å². The maximum atomic E-state index is 12.2. The number of carbonyl (C=O) groups excluding carboxylic acids is 3. The molecule has 0 saturated carbocycles. The molecule has 170 valence electrons. The number of rotatable bonds is 9. The van der Waals surface area contributed by atoms with Gasteiger partial charge in [0.15, 0.2) is 13.2 Å². The molecule has 3 aromatic rings. The minimum absolute atomic E-state index is 0.208. The number of carbonyl (C=O) groups is 3. The molecule has 0 fully saturated rings. The van der Waals surface area contributed by atoms with Crippen molar-refractivity contribution in [3.8, 4) is 11.5 Å². The van der Waals surface area contributed by atoms with Gasteiger partial charge >= 0.3 is 5.97 Å². The van der Waals surface area contributed by atoms with Crippen LogP contribution in [0.2, 0.25) is 0 Å². The van der Waals surface area contributed by atoms with Gasteiger partial charge in [-0.1, -0.05) is 23.8 Å². The van der Waals surface area contributed by atoms with Crippen LogP contribution in [0.4, 0.5) is 11.4 Å². The minimum Gasteiger partial charge on any atom is -0.497 e. The van der Waals surface area contributed by atoms with Crippen LogP contribution in [0.3, 0.4) is 0 Å². The zero-order valence-corrected chi connectivity index (χ0v) is 18.3. The molecule has 2 N–H and O–H groups in total. The fourth-order valence-electron chi connectivity index (χ4n) is 2.78. The van der Waals surface area contributed by atoms with Crippen molar-refractivity contribution >= 4 is 29.2 Å². The summed E-state index contributed by atoms with van der Waals surface area (Å²) >= 11 is 0. The molecule has 0 atom stereocenters. The van der Waals surface area contributed by atoms with Crippen molar-refractivity contribution in [3.63, 3.8) is 0 Å². The van der Waals surface area contributed by atoms with Crippen molar-refractivity contribution in [1.82, 2.24) is 0 Å². The molecular formula is C25H24N2O6. The van der Waals surface area contributed by atoms with Crippen LogP contribution in [0.25, 0.3) is 0 Å². The number of ether oxygens (including phenoxy) is 3. The first-order valence-corrected chi connectivity index (χ1v) is 10.1. The van der Waals surface area contributed by atoms with Gasteiger partial charge in [0.1, 0.15) is 11.5 Å². The zero-order chi connectivity index (χ0) is 23.6. The van der Waals surface area contributed by atoms with Gasteiger partial charge in [0, 0.05) is 17.4 Å². The van der Waals surface area contributed by atoms with Crippen LogP contribution in [0.5, 0.6) is 11.5 Å². The molecule has 0 unspecified atom stereocenters. The highest BCUT2D eigenvalue weighted by Gasteiger charge is 2.11. The highest BCUT2D eigenvalue weighted by atomic mass is 16.5. The second-order valence-corrected chi connectivity index (χ2v) is 7.08. The lowest BCUT2D eigenvalue weighted by Gasteiger charge is -2.09. The number of anilines is 2. The van der Waals surface area contributed by atoms with Crippen molar-refractivity contribution in [2.75, 3.05) is 31.0 Å². The molecule has 0 aliphatic rings. The van der Waals surface area contributed by atoms with Crippen molar-refractivity contribution < 1.29 is 28.6 Å². The second-order valence-electron chi connectivity index (χ2n) is 7.08. The number of esters is 1. The lowest BCUT2D eigenvalue weighted by molar-refractivity contribution is -0.119. The Labute approximate surface area is 191 Å². The molecule has 0 bridgehead atoms. The molecule has 8 nitrogen and oxygen atoms in total. The highest BCUT2D eigenvalue weighted by Crippen LogP contribution is 2.17. The molecule has 0 spiro atoms. The Morgan fingerprint density at radius 3 is 2.12 bits per heavy atom. The van der Waals surface area contributed by atoms with Crippen LogP contribution in [-0.2, 0) is 14.3 Å². The third-order valence-corrected chi connectivity index (χ3v) is 4.48. The van der Waals surface area contributed by atoms with Crippen LogP contribution < -0.4 is 20.1 Å². The van der Waals surface area contributed by atoms with Gasteiger partial charge in [0.2, 0.25) is 0 Å². The molecule has 0 aromatic heterocycles. The van der Waals surface area contributed by atoms with Crippen LogP contribution in [0.1, 0.15) is 15.9 Å². The van der Waals surface area contributed by atoms with E-state index in [-0.39, 0.29) is 18.1 Å². The minimum atomic E-state index is -0.642. The third kappa shape index (κ3) is 7.39. The molecule has 3 aromatic carbocycles. The van der Waals surface area contributed by atoms with E-state index < -0.39 is 18.5 Å². The Bertz CT molecular complexity index is 1110. The van der Waals surface area contributed by atoms with Crippen molar-refractivity contribution in [2.45, 2.75) is 6.92 Å². The second kappa shape index (κ2) is 11.3. The summed E-state index contributed by atoms with van der Waals surface area (Å²) in [6.07, 6.45) is 0. The summed E-state index contributed by atoms with van der Waals surface area (Å²) < 4.78 is 15.6. The summed E-state index contributed by atoms with van der Waals surface area (Å²) in [4.78, 5) is 36.2. The maximum absolute atomic E-state index is 12.2. The van der Waals surface area contributed by atoms with Crippen LogP contribution in [0, 0.1) is 6.92 Å². The number of aryl methyl sites for hydroxylation is 1. The first-order chi connectivity index (χ1) is 15.9. The van der Waals surface area contributed by atoms with Crippen molar-refractivity contribution in [1.29, 1.82) is 0 Å². The predicted molar refractivity (Wildman–Crippen MR) is 124 cm³/mol. The summed E-state index contributed by atoms with van der Waals surface area (Å²) in [5.74, 6) is -0.384. The number of methoxy groups -OCH3 is 1. The van der Waals surface area contributed by atoms with E-state index in [0.29, 0.717) is 22.9 Å². The standard InChI is InChI=1S/C25H24N2O6/c1-17-6-10-19(11-7-17)26-24(29)16-33-25(30)18-8-12-21(13-9-18)32-15-23(28)27-20-4-3-5-22(14-20)31-2/h3-14H,15-16H2,1-2H3,(H,26,29)(H,27,28). The molecule has 0 radical (unpaired) electrons. The van der Waals surface area contributed by atoms with E-state index in [1.54, 1.807) is 55.6 Å². The lowest BCUT2D eigenvalue weighted by atomic mass is 10.2. The van der Waals surface area contributed by atoms with Gasteiger partial charge in [-0.05, 0) is 55.5 Å². The summed E-state index contributed by atoms with van der Waals surface area (Å²) in [6.45, 7) is 1.33. The van der Waals surface area contributed by atoms with E-state index in [1.807, 2.05) is 19.1 Å². The molecule has 2 amide bonds. The van der Waals surface area contributed by atoms with Gasteiger partial charge in [-0.3, -0.25) is 9.59 Å². The Kier molecular flexibility index (Phi) is 8.02. The van der Waals surface area contributed by atoms with Crippen LogP contribution in [0.15, 0.2) is 72.8 Å². The largest absolute Gasteiger partial charge is 0.497 e. The molecular weight excluding hydrogens is 424 g/mol. The summed E-state index contributed by atoms with van der Waals surface area (Å²) in [5.41, 5.74) is 2.54. The average molecular weight is 448 g/mol. The van der Waals surface area contributed by atoms with Crippen LogP contribution in [-0.4, -0.2) is 38.1 Å². The molecule has 0 saturated heterocycles. The van der Waals surface area contributed by atoms with E-state index >= 15 is 0 Å². The average Bonchev–Trinajstić information content (AvgIpc) is 2.83. The number of hydrogen-bond donors (Lipinski definition) is 2. The molecule has 33 heavy (non-hydrogen) atoms. The summed E-state index contributed by atoms with van der Waals surface area (Å²) in [6, 6.07) is 20.3. The number of benzene rings is 3. The Hall–Kier alpha value is -4.33. The third-order valence-electron chi connectivity index (χ3n) is 4.48. The normalized spacial score (nSPS) is 10.1. The maximum Gasteiger partial charge on any atom is 0.338 e. The van der Waals surface area contributed by atoms with Gasteiger partial charge in [-0.25, -0.2) is 4.79 Å². The van der Waals surface area contributed by atoms with Gasteiger partial charge in [-0.2, -0.15) is 0 Å². The molecule has 0 aliphatic heterocycles. The van der Waals surface area contributed by atoms with Gasteiger partial charge in [0.05, 0.1) is 12.7 Å². The summed E-state index contributed by atoms with van der Waals surface area (Å²) in [5, 5.41) is 5.36. The van der Waals surface area contributed by atoms with Gasteiger partial charge in [-0.15, -0.1) is 0 Å². The zero-order valence-electron chi connectivity index (χ0n) is 18.3. The topological polar surface area (TPSA) is 103 Å². The van der Waals surface area contributed by atoms with E-state index in [2.05, 4.69) is 10.6 Å². The van der Waals surface area contributed by atoms with E-state index in [4.69, 9.17) is 14.2 Å². The Morgan fingerprint density at radius 1 is 0.758 bits per heavy atom. The molecule has 3 rings (SSSR count). The Balaban J connectivity index is 1.43. The van der Waals surface area contributed by atoms with Gasteiger partial charge < -0.3 is 24.8 Å². The molecule has 0 heterocycles. The SMILES string of the molecule is COc1cccc(NC(=O)COc2ccc(C(=O)OCC(=O)Nc3ccc(C)cc3)cc2)c1. The fourth-order valence-corrected chi connectivity index (χ4v) is 2.78. The number of amides is 2. The van der Waals surface area contributed by atoms with Gasteiger partial charge in [0.25, 0.3) is 11.8 Å². The van der Waals surface area contributed by atoms with Crippen molar-refractivity contribution in [2.24, 2.45) is 0 Å². The first-order valence-electron chi connectivity index (χ1n) is 10.1. The van der Waals surface area contributed by atoms with E-state index in [9.17, 15) is 14.4 Å². The van der Waals surface area contributed by atoms with E-state index in [0.717, 1.165) is 5.56 Å². The fraction of sp³-hybridized carbons (Fsp3) is 0.160. The predicted octanol–water partition coefficient (Wildman–Crippen LogP) is 3.82.